The summed E-state index contributed by atoms with van der Waals surface area (Å²) >= 11 is 0. The predicted octanol–water partition coefficient (Wildman–Crippen LogP) is 5.27. The molecule has 4 rings (SSSR count). The number of carbonyl (C=O) groups is 1. The van der Waals surface area contributed by atoms with Crippen molar-refractivity contribution in [3.8, 4) is 0 Å². The standard InChI is InChI=1S/C24H25F6N3O.2ClH/c1-32(15-16-12-18(23(25,26)27)14-19(13-16)24(28,29)30)21(34)22(33-10-8-31-9-11-33)7-6-17-4-2-3-5-20(17)22;;/h2-5,12-14,31H,6-11,15H2,1H3;2*1H. The number of piperazine rings is 1. The fourth-order valence-corrected chi connectivity index (χ4v) is 5.10. The van der Waals surface area contributed by atoms with Crippen molar-refractivity contribution < 1.29 is 31.1 Å². The van der Waals surface area contributed by atoms with Crippen molar-refractivity contribution in [2.45, 2.75) is 37.3 Å². The summed E-state index contributed by atoms with van der Waals surface area (Å²) in [6.45, 7) is 2.21. The molecular weight excluding hydrogens is 531 g/mol. The van der Waals surface area contributed by atoms with Crippen molar-refractivity contribution in [2.75, 3.05) is 33.2 Å². The minimum Gasteiger partial charge on any atom is -0.340 e. The number of rotatable bonds is 4. The molecule has 2 aromatic carbocycles. The number of likely N-dealkylation sites (N-methyl/N-ethyl adjacent to an activating group) is 1. The van der Waals surface area contributed by atoms with Gasteiger partial charge in [-0.05, 0) is 47.7 Å². The van der Waals surface area contributed by atoms with Gasteiger partial charge in [0.15, 0.2) is 0 Å². The van der Waals surface area contributed by atoms with Crippen LogP contribution in [0.5, 0.6) is 0 Å². The third kappa shape index (κ3) is 5.77. The molecule has 1 aliphatic heterocycles. The molecular formula is C24H27Cl2F6N3O. The lowest BCUT2D eigenvalue weighted by Gasteiger charge is -2.44. The summed E-state index contributed by atoms with van der Waals surface area (Å²) in [5.41, 5.74) is -2.11. The number of hydrogen-bond acceptors (Lipinski definition) is 3. The number of aryl methyl sites for hydroxylation is 1. The van der Waals surface area contributed by atoms with Crippen LogP contribution in [-0.4, -0.2) is 48.9 Å². The molecule has 36 heavy (non-hydrogen) atoms. The number of hydrogen-bond donors (Lipinski definition) is 1. The molecule has 0 bridgehead atoms. The second-order valence-electron chi connectivity index (χ2n) is 8.83. The second-order valence-corrected chi connectivity index (χ2v) is 8.83. The maximum Gasteiger partial charge on any atom is 0.416 e. The molecule has 2 aromatic rings. The molecule has 1 atom stereocenters. The summed E-state index contributed by atoms with van der Waals surface area (Å²) in [7, 11) is 1.43. The highest BCUT2D eigenvalue weighted by Gasteiger charge is 2.51. The lowest BCUT2D eigenvalue weighted by molar-refractivity contribution is -0.145. The number of fused-ring (bicyclic) bond motifs is 1. The van der Waals surface area contributed by atoms with Gasteiger partial charge in [0.05, 0.1) is 11.1 Å². The first-order valence-electron chi connectivity index (χ1n) is 11.0. The predicted molar refractivity (Wildman–Crippen MR) is 128 cm³/mol. The van der Waals surface area contributed by atoms with E-state index in [0.717, 1.165) is 11.1 Å². The van der Waals surface area contributed by atoms with Gasteiger partial charge in [-0.25, -0.2) is 0 Å². The van der Waals surface area contributed by atoms with E-state index in [2.05, 4.69) is 10.2 Å². The zero-order valence-electron chi connectivity index (χ0n) is 19.4. The Bertz CT molecular complexity index is 1040. The zero-order valence-corrected chi connectivity index (χ0v) is 21.0. The molecule has 1 unspecified atom stereocenters. The van der Waals surface area contributed by atoms with Gasteiger partial charge in [0.2, 0.25) is 5.91 Å². The molecule has 1 aliphatic carbocycles. The van der Waals surface area contributed by atoms with Gasteiger partial charge in [0, 0.05) is 39.8 Å². The zero-order chi connectivity index (χ0) is 24.7. The van der Waals surface area contributed by atoms with Crippen LogP contribution in [0.1, 0.15) is 34.2 Å². The van der Waals surface area contributed by atoms with Crippen LogP contribution in [0.15, 0.2) is 42.5 Å². The van der Waals surface area contributed by atoms with Gasteiger partial charge >= 0.3 is 12.4 Å². The third-order valence-electron chi connectivity index (χ3n) is 6.64. The van der Waals surface area contributed by atoms with E-state index in [-0.39, 0.29) is 48.9 Å². The number of amides is 1. The van der Waals surface area contributed by atoms with Crippen LogP contribution in [0, 0.1) is 0 Å². The molecule has 2 aliphatic rings. The van der Waals surface area contributed by atoms with Crippen molar-refractivity contribution in [2.24, 2.45) is 0 Å². The van der Waals surface area contributed by atoms with Gasteiger partial charge in [-0.2, -0.15) is 26.3 Å². The Morgan fingerprint density at radius 2 is 1.53 bits per heavy atom. The minimum absolute atomic E-state index is 0. The Labute approximate surface area is 217 Å². The van der Waals surface area contributed by atoms with Crippen LogP contribution in [0.2, 0.25) is 0 Å². The van der Waals surface area contributed by atoms with Gasteiger partial charge in [-0.1, -0.05) is 24.3 Å². The third-order valence-corrected chi connectivity index (χ3v) is 6.64. The van der Waals surface area contributed by atoms with Crippen LogP contribution in [0.3, 0.4) is 0 Å². The van der Waals surface area contributed by atoms with Crippen LogP contribution >= 0.6 is 24.8 Å². The maximum absolute atomic E-state index is 13.9. The molecule has 1 fully saturated rings. The quantitative estimate of drug-likeness (QED) is 0.520. The first-order valence-corrected chi connectivity index (χ1v) is 11.0. The fraction of sp³-hybridized carbons (Fsp3) is 0.458. The summed E-state index contributed by atoms with van der Waals surface area (Å²) < 4.78 is 79.7. The fourth-order valence-electron chi connectivity index (χ4n) is 5.10. The molecule has 200 valence electrons. The van der Waals surface area contributed by atoms with Crippen molar-refractivity contribution in [1.29, 1.82) is 0 Å². The average molecular weight is 558 g/mol. The number of alkyl halides is 6. The van der Waals surface area contributed by atoms with Crippen molar-refractivity contribution in [3.05, 3.63) is 70.3 Å². The Morgan fingerprint density at radius 1 is 0.972 bits per heavy atom. The number of halogens is 8. The molecule has 0 radical (unpaired) electrons. The van der Waals surface area contributed by atoms with E-state index in [1.54, 1.807) is 0 Å². The molecule has 0 saturated carbocycles. The average Bonchev–Trinajstić information content (AvgIpc) is 3.18. The molecule has 1 amide bonds. The Hall–Kier alpha value is -2.01. The Kier molecular flexibility index (Phi) is 9.37. The van der Waals surface area contributed by atoms with E-state index in [4.69, 9.17) is 0 Å². The first-order chi connectivity index (χ1) is 15.9. The first kappa shape index (κ1) is 30.2. The van der Waals surface area contributed by atoms with Crippen molar-refractivity contribution in [1.82, 2.24) is 15.1 Å². The largest absolute Gasteiger partial charge is 0.416 e. The van der Waals surface area contributed by atoms with Gasteiger partial charge in [-0.3, -0.25) is 9.69 Å². The Morgan fingerprint density at radius 3 is 2.08 bits per heavy atom. The van der Waals surface area contributed by atoms with Gasteiger partial charge in [0.1, 0.15) is 5.54 Å². The minimum atomic E-state index is -4.94. The van der Waals surface area contributed by atoms with Crippen LogP contribution in [0.25, 0.3) is 0 Å². The van der Waals surface area contributed by atoms with E-state index in [1.165, 1.54) is 11.9 Å². The number of carbonyl (C=O) groups excluding carboxylic acids is 1. The van der Waals surface area contributed by atoms with Crippen molar-refractivity contribution in [3.63, 3.8) is 0 Å². The van der Waals surface area contributed by atoms with Crippen molar-refractivity contribution >= 4 is 30.7 Å². The van der Waals surface area contributed by atoms with Gasteiger partial charge in [-0.15, -0.1) is 24.8 Å². The van der Waals surface area contributed by atoms with E-state index in [9.17, 15) is 31.1 Å². The molecule has 12 heteroatoms. The molecule has 0 spiro atoms. The topological polar surface area (TPSA) is 35.6 Å². The summed E-state index contributed by atoms with van der Waals surface area (Å²) in [4.78, 5) is 17.3. The molecule has 4 nitrogen and oxygen atoms in total. The van der Waals surface area contributed by atoms with Gasteiger partial charge in [0.25, 0.3) is 0 Å². The lowest BCUT2D eigenvalue weighted by atomic mass is 9.87. The highest BCUT2D eigenvalue weighted by molar-refractivity contribution is 5.89. The highest BCUT2D eigenvalue weighted by Crippen LogP contribution is 2.44. The Balaban J connectivity index is 0.00000228. The normalized spacial score (nSPS) is 20.2. The maximum atomic E-state index is 13.9. The van der Waals surface area contributed by atoms with E-state index >= 15 is 0 Å². The van der Waals surface area contributed by atoms with Crippen LogP contribution < -0.4 is 5.32 Å². The SMILES string of the molecule is CN(Cc1cc(C(F)(F)F)cc(C(F)(F)F)c1)C(=O)C1(N2CCNCC2)CCc2ccccc21.Cl.Cl. The summed E-state index contributed by atoms with van der Waals surface area (Å²) in [6, 6.07) is 9.04. The van der Waals surface area contributed by atoms with Crippen LogP contribution in [0.4, 0.5) is 26.3 Å². The van der Waals surface area contributed by atoms with Gasteiger partial charge < -0.3 is 10.2 Å². The lowest BCUT2D eigenvalue weighted by Crippen LogP contribution is -2.60. The molecule has 1 N–H and O–H groups in total. The number of benzene rings is 2. The summed E-state index contributed by atoms with van der Waals surface area (Å²) in [6.07, 6.45) is -8.70. The molecule has 0 aromatic heterocycles. The second kappa shape index (κ2) is 11.2. The van der Waals surface area contributed by atoms with E-state index in [0.29, 0.717) is 51.2 Å². The number of nitrogens with one attached hydrogen (secondary N) is 1. The van der Waals surface area contributed by atoms with Crippen LogP contribution in [-0.2, 0) is 35.7 Å². The molecule has 1 heterocycles. The summed E-state index contributed by atoms with van der Waals surface area (Å²) in [5, 5.41) is 3.25. The van der Waals surface area contributed by atoms with E-state index in [1.807, 2.05) is 24.3 Å². The summed E-state index contributed by atoms with van der Waals surface area (Å²) in [5.74, 6) is -0.328. The highest BCUT2D eigenvalue weighted by atomic mass is 35.5. The monoisotopic (exact) mass is 557 g/mol. The molecule has 1 saturated heterocycles. The van der Waals surface area contributed by atoms with E-state index < -0.39 is 29.0 Å². The smallest absolute Gasteiger partial charge is 0.340 e. The number of nitrogens with zero attached hydrogens (tertiary/aromatic N) is 2.